The van der Waals surface area contributed by atoms with Gasteiger partial charge in [-0.1, -0.05) is 136 Å². The summed E-state index contributed by atoms with van der Waals surface area (Å²) in [6.45, 7) is 19.8. The SMILES string of the molecule is CCCCCCCCCCCCCC[C@@H](C(=O)O)[C@@H]1CC[C@@H](C)[C@H](CCC2(C)OCC(C)(C)CO2)/C1=C\[Si](C)(C)C. The third-order valence-corrected chi connectivity index (χ3v) is 10.9. The number of allylic oxidation sites excluding steroid dienone is 1. The Morgan fingerprint density at radius 1 is 0.902 bits per heavy atom. The topological polar surface area (TPSA) is 55.8 Å². The average Bonchev–Trinajstić information content (AvgIpc) is 2.88. The van der Waals surface area contributed by atoms with Crippen molar-refractivity contribution in [3.05, 3.63) is 11.3 Å². The van der Waals surface area contributed by atoms with Gasteiger partial charge in [-0.3, -0.25) is 4.79 Å². The van der Waals surface area contributed by atoms with Gasteiger partial charge in [-0.05, 0) is 50.4 Å². The molecule has 2 aliphatic rings. The molecule has 2 rings (SSSR count). The Balaban J connectivity index is 1.94. The molecular weight excluding hydrogens is 524 g/mol. The minimum atomic E-state index is -1.53. The number of carboxylic acid groups (broad SMARTS) is 1. The third-order valence-electron chi connectivity index (χ3n) is 9.69. The molecule has 41 heavy (non-hydrogen) atoms. The summed E-state index contributed by atoms with van der Waals surface area (Å²) >= 11 is 0. The Hall–Kier alpha value is -0.653. The lowest BCUT2D eigenvalue weighted by atomic mass is 9.65. The van der Waals surface area contributed by atoms with Gasteiger partial charge in [-0.15, -0.1) is 0 Å². The Kier molecular flexibility index (Phi) is 15.7. The van der Waals surface area contributed by atoms with Gasteiger partial charge in [0.15, 0.2) is 5.79 Å². The Morgan fingerprint density at radius 3 is 1.90 bits per heavy atom. The van der Waals surface area contributed by atoms with Crippen LogP contribution in [0.3, 0.4) is 0 Å². The van der Waals surface area contributed by atoms with Crippen LogP contribution in [0, 0.1) is 29.1 Å². The first-order chi connectivity index (χ1) is 19.3. The Labute approximate surface area is 255 Å². The molecule has 4 atom stereocenters. The highest BCUT2D eigenvalue weighted by atomic mass is 28.3. The molecule has 0 spiro atoms. The minimum absolute atomic E-state index is 0.0637. The Morgan fingerprint density at radius 2 is 1.41 bits per heavy atom. The molecule has 2 fully saturated rings. The van der Waals surface area contributed by atoms with Crippen LogP contribution < -0.4 is 0 Å². The fourth-order valence-corrected chi connectivity index (χ4v) is 8.48. The van der Waals surface area contributed by atoms with Crippen LogP contribution in [0.15, 0.2) is 11.3 Å². The van der Waals surface area contributed by atoms with Crippen molar-refractivity contribution in [3.63, 3.8) is 0 Å². The van der Waals surface area contributed by atoms with Crippen molar-refractivity contribution in [2.24, 2.45) is 29.1 Å². The van der Waals surface area contributed by atoms with E-state index in [1.807, 2.05) is 0 Å². The summed E-state index contributed by atoms with van der Waals surface area (Å²) in [4.78, 5) is 12.7. The number of carboxylic acids is 1. The second kappa shape index (κ2) is 17.6. The maximum absolute atomic E-state index is 12.7. The van der Waals surface area contributed by atoms with E-state index in [0.717, 1.165) is 51.7 Å². The van der Waals surface area contributed by atoms with Gasteiger partial charge in [0.25, 0.3) is 0 Å². The van der Waals surface area contributed by atoms with E-state index in [-0.39, 0.29) is 17.3 Å². The largest absolute Gasteiger partial charge is 0.481 e. The summed E-state index contributed by atoms with van der Waals surface area (Å²) in [6.07, 6.45) is 20.6. The van der Waals surface area contributed by atoms with Crippen LogP contribution in [0.1, 0.15) is 144 Å². The van der Waals surface area contributed by atoms with Gasteiger partial charge in [0.2, 0.25) is 0 Å². The molecule has 0 amide bonds. The summed E-state index contributed by atoms with van der Waals surface area (Å²) in [7, 11) is -1.53. The maximum Gasteiger partial charge on any atom is 0.307 e. The highest BCUT2D eigenvalue weighted by Gasteiger charge is 2.42. The van der Waals surface area contributed by atoms with Gasteiger partial charge in [0, 0.05) is 11.8 Å². The smallest absolute Gasteiger partial charge is 0.307 e. The predicted molar refractivity (Wildman–Crippen MR) is 177 cm³/mol. The van der Waals surface area contributed by atoms with E-state index in [4.69, 9.17) is 9.47 Å². The molecule has 1 heterocycles. The normalized spacial score (nSPS) is 26.2. The molecule has 4 nitrogen and oxygen atoms in total. The van der Waals surface area contributed by atoms with Gasteiger partial charge in [0.1, 0.15) is 0 Å². The molecule has 1 saturated carbocycles. The molecule has 0 unspecified atom stereocenters. The molecule has 5 heteroatoms. The van der Waals surface area contributed by atoms with Crippen molar-refractivity contribution in [3.8, 4) is 0 Å². The number of rotatable bonds is 19. The number of hydrogen-bond acceptors (Lipinski definition) is 3. The van der Waals surface area contributed by atoms with Crippen LogP contribution in [0.25, 0.3) is 0 Å². The molecule has 0 aromatic rings. The molecule has 0 bridgehead atoms. The fraction of sp³-hybridized carbons (Fsp3) is 0.917. The number of unbranched alkanes of at least 4 members (excludes halogenated alkanes) is 11. The predicted octanol–water partition coefficient (Wildman–Crippen LogP) is 10.8. The van der Waals surface area contributed by atoms with Crippen LogP contribution in [-0.2, 0) is 14.3 Å². The zero-order valence-corrected chi connectivity index (χ0v) is 29.5. The molecular formula is C36H68O4Si. The van der Waals surface area contributed by atoms with E-state index < -0.39 is 19.8 Å². The molecule has 0 aromatic carbocycles. The van der Waals surface area contributed by atoms with Crippen molar-refractivity contribution in [1.29, 1.82) is 0 Å². The number of hydrogen-bond donors (Lipinski definition) is 1. The first-order valence-electron chi connectivity index (χ1n) is 17.5. The molecule has 1 N–H and O–H groups in total. The van der Waals surface area contributed by atoms with Crippen molar-refractivity contribution < 1.29 is 19.4 Å². The van der Waals surface area contributed by atoms with Crippen molar-refractivity contribution in [2.45, 2.75) is 169 Å². The minimum Gasteiger partial charge on any atom is -0.481 e. The highest BCUT2D eigenvalue weighted by Crippen LogP contribution is 2.47. The van der Waals surface area contributed by atoms with Crippen LogP contribution in [0.5, 0.6) is 0 Å². The second-order valence-corrected chi connectivity index (χ2v) is 20.8. The van der Waals surface area contributed by atoms with Crippen molar-refractivity contribution >= 4 is 14.0 Å². The van der Waals surface area contributed by atoms with E-state index in [1.54, 1.807) is 0 Å². The van der Waals surface area contributed by atoms with Crippen LogP contribution in [0.2, 0.25) is 19.6 Å². The standard InChI is InChI=1S/C36H68O4Si/c1-9-10-11-12-13-14-15-16-17-18-19-20-21-32(34(37)38)31-23-22-29(2)30(33(31)26-41(6,7)8)24-25-36(5)39-27-35(3,4)28-40-36/h26,29-32H,9-25,27-28H2,1-8H3,(H,37,38)/b33-26+/t29-,30+,31+,32-/m1/s1. The summed E-state index contributed by atoms with van der Waals surface area (Å²) in [5.74, 6) is -0.210. The molecule has 0 aromatic heterocycles. The summed E-state index contributed by atoms with van der Waals surface area (Å²) in [6, 6.07) is 0. The van der Waals surface area contributed by atoms with E-state index in [1.165, 1.54) is 76.2 Å². The lowest BCUT2D eigenvalue weighted by molar-refractivity contribution is -0.293. The monoisotopic (exact) mass is 592 g/mol. The van der Waals surface area contributed by atoms with Gasteiger partial charge in [-0.2, -0.15) is 0 Å². The summed E-state index contributed by atoms with van der Waals surface area (Å²) < 4.78 is 12.5. The van der Waals surface area contributed by atoms with Crippen LogP contribution in [0.4, 0.5) is 0 Å². The van der Waals surface area contributed by atoms with E-state index in [9.17, 15) is 9.90 Å². The molecule has 0 radical (unpaired) electrons. The van der Waals surface area contributed by atoms with Crippen molar-refractivity contribution in [2.75, 3.05) is 13.2 Å². The van der Waals surface area contributed by atoms with E-state index in [2.05, 4.69) is 60.0 Å². The quantitative estimate of drug-likeness (QED) is 0.120. The zero-order valence-electron chi connectivity index (χ0n) is 28.5. The lowest BCUT2D eigenvalue weighted by Crippen LogP contribution is -2.46. The highest BCUT2D eigenvalue weighted by molar-refractivity contribution is 6.81. The molecule has 240 valence electrons. The molecule has 1 saturated heterocycles. The van der Waals surface area contributed by atoms with E-state index in [0.29, 0.717) is 11.8 Å². The van der Waals surface area contributed by atoms with Gasteiger partial charge < -0.3 is 14.6 Å². The number of carbonyl (C=O) groups is 1. The average molecular weight is 593 g/mol. The van der Waals surface area contributed by atoms with Crippen molar-refractivity contribution in [1.82, 2.24) is 0 Å². The van der Waals surface area contributed by atoms with Crippen LogP contribution >= 0.6 is 0 Å². The van der Waals surface area contributed by atoms with Gasteiger partial charge in [-0.25, -0.2) is 0 Å². The molecule has 1 aliphatic heterocycles. The molecule has 1 aliphatic carbocycles. The third kappa shape index (κ3) is 13.7. The second-order valence-electron chi connectivity index (χ2n) is 15.8. The first kappa shape index (κ1) is 36.5. The van der Waals surface area contributed by atoms with Crippen LogP contribution in [-0.4, -0.2) is 38.2 Å². The summed E-state index contributed by atoms with van der Waals surface area (Å²) in [5, 5.41) is 10.4. The van der Waals surface area contributed by atoms with Gasteiger partial charge in [0.05, 0.1) is 27.2 Å². The number of aliphatic carboxylic acids is 1. The lowest BCUT2D eigenvalue weighted by Gasteiger charge is -2.44. The van der Waals surface area contributed by atoms with Gasteiger partial charge >= 0.3 is 5.97 Å². The Bertz CT molecular complexity index is 773. The zero-order chi connectivity index (χ0) is 30.5. The number of ether oxygens (including phenoxy) is 2. The maximum atomic E-state index is 12.7. The van der Waals surface area contributed by atoms with E-state index >= 15 is 0 Å². The fourth-order valence-electron chi connectivity index (χ4n) is 7.06. The summed E-state index contributed by atoms with van der Waals surface area (Å²) in [5.41, 5.74) is 4.10. The first-order valence-corrected chi connectivity index (χ1v) is 21.1.